The fraction of sp³-hybridized carbons (Fsp3) is 0.633. The predicted octanol–water partition coefficient (Wildman–Crippen LogP) is 2.36. The molecule has 0 amide bonds. The molecule has 1 aromatic carbocycles. The first-order valence-electron chi connectivity index (χ1n) is 13.9. The third kappa shape index (κ3) is 3.63. The standard InChI is InChI=1S/C30H38O9/c1-15-19(32)13-30(36)25(38-26(35)18-10-8-7-9-11-18)23-28(6,24(34)16(2)22(15)27(30,4)5)20(33)12-21-29(23,14-37-21)39-17(3)31/h7-11,16,19-21,23,25,32-33,36H,12-14H2,1-6H3/t16-,19+,20+,21-,23?,25+,28-,29+,30-/m1/s1/i33T. The first-order valence-corrected chi connectivity index (χ1v) is 13.5. The molecule has 39 heavy (non-hydrogen) atoms. The van der Waals surface area contributed by atoms with E-state index in [1.165, 1.54) is 6.92 Å². The molecule has 1 unspecified atom stereocenters. The Labute approximate surface area is 229 Å². The van der Waals surface area contributed by atoms with Crippen LogP contribution in [0.25, 0.3) is 0 Å². The highest BCUT2D eigenvalue weighted by atomic mass is 16.6. The molecule has 3 N–H and O–H groups in total. The molecule has 212 valence electrons. The van der Waals surface area contributed by atoms with Crippen molar-refractivity contribution in [2.45, 2.75) is 90.0 Å². The number of benzene rings is 1. The molecule has 2 saturated carbocycles. The van der Waals surface area contributed by atoms with Crippen molar-refractivity contribution in [3.8, 4) is 0 Å². The highest BCUT2D eigenvalue weighted by Gasteiger charge is 2.77. The first kappa shape index (κ1) is 26.6. The van der Waals surface area contributed by atoms with Crippen LogP contribution < -0.4 is 0 Å². The van der Waals surface area contributed by atoms with Gasteiger partial charge in [0.05, 0.1) is 35.7 Å². The summed E-state index contributed by atoms with van der Waals surface area (Å²) < 4.78 is 26.1. The zero-order chi connectivity index (χ0) is 29.4. The topological polar surface area (TPSA) is 140 Å². The molecule has 9 heteroatoms. The third-order valence-electron chi connectivity index (χ3n) is 10.2. The van der Waals surface area contributed by atoms with E-state index in [-0.39, 0.29) is 30.8 Å². The molecule has 1 aliphatic heterocycles. The van der Waals surface area contributed by atoms with Crippen LogP contribution >= 0.6 is 0 Å². The summed E-state index contributed by atoms with van der Waals surface area (Å²) in [6.07, 6.45) is -4.46. The van der Waals surface area contributed by atoms with Crippen LogP contribution in [0, 0.1) is 22.7 Å². The molecule has 0 radical (unpaired) electrons. The van der Waals surface area contributed by atoms with Crippen LogP contribution in [0.5, 0.6) is 0 Å². The monoisotopic (exact) mass is 544 g/mol. The Morgan fingerprint density at radius 3 is 2.41 bits per heavy atom. The summed E-state index contributed by atoms with van der Waals surface area (Å²) in [5.41, 5.74) is -4.71. The molecule has 4 aliphatic rings. The van der Waals surface area contributed by atoms with Crippen molar-refractivity contribution < 1.29 is 43.9 Å². The van der Waals surface area contributed by atoms with E-state index in [9.17, 15) is 24.6 Å². The zero-order valence-corrected chi connectivity index (χ0v) is 23.2. The van der Waals surface area contributed by atoms with E-state index in [4.69, 9.17) is 20.8 Å². The Kier molecular flexibility index (Phi) is 6.12. The second-order valence-electron chi connectivity index (χ2n) is 12.5. The van der Waals surface area contributed by atoms with Crippen molar-refractivity contribution in [2.75, 3.05) is 6.61 Å². The van der Waals surface area contributed by atoms with Crippen molar-refractivity contribution >= 4 is 17.7 Å². The van der Waals surface area contributed by atoms with Gasteiger partial charge in [0.15, 0.2) is 5.60 Å². The maximum absolute atomic E-state index is 14.7. The van der Waals surface area contributed by atoms with Crippen molar-refractivity contribution in [1.82, 2.24) is 0 Å². The Balaban J connectivity index is 1.83. The lowest BCUT2D eigenvalue weighted by Crippen LogP contribution is -2.81. The Morgan fingerprint density at radius 1 is 1.18 bits per heavy atom. The van der Waals surface area contributed by atoms with Crippen LogP contribution in [0.3, 0.4) is 0 Å². The van der Waals surface area contributed by atoms with E-state index in [0.29, 0.717) is 11.1 Å². The highest BCUT2D eigenvalue weighted by Crippen LogP contribution is 2.64. The molecule has 0 spiro atoms. The molecule has 2 bridgehead atoms. The van der Waals surface area contributed by atoms with E-state index < -0.39 is 70.2 Å². The fourth-order valence-corrected chi connectivity index (χ4v) is 8.14. The van der Waals surface area contributed by atoms with Gasteiger partial charge in [-0.05, 0) is 37.1 Å². The average molecular weight is 545 g/mol. The van der Waals surface area contributed by atoms with Gasteiger partial charge in [0, 0.05) is 31.1 Å². The number of aliphatic hydroxyl groups excluding tert-OH is 2. The van der Waals surface area contributed by atoms with Gasteiger partial charge >= 0.3 is 11.9 Å². The molecule has 5 rings (SSSR count). The molecule has 1 heterocycles. The molecule has 9 atom stereocenters. The molecule has 1 aromatic rings. The maximum Gasteiger partial charge on any atom is 0.338 e. The van der Waals surface area contributed by atoms with Gasteiger partial charge in [0.25, 0.3) is 0 Å². The summed E-state index contributed by atoms with van der Waals surface area (Å²) in [6.45, 7) is 9.83. The fourth-order valence-electron chi connectivity index (χ4n) is 8.14. The lowest BCUT2D eigenvalue weighted by atomic mass is 9.43. The number of fused-ring (bicyclic) bond motifs is 5. The van der Waals surface area contributed by atoms with Gasteiger partial charge < -0.3 is 29.5 Å². The summed E-state index contributed by atoms with van der Waals surface area (Å²) >= 11 is 0. The summed E-state index contributed by atoms with van der Waals surface area (Å²) in [5, 5.41) is 29.3. The third-order valence-corrected chi connectivity index (χ3v) is 10.2. The van der Waals surface area contributed by atoms with Crippen molar-refractivity contribution in [3.63, 3.8) is 0 Å². The molecule has 3 fully saturated rings. The van der Waals surface area contributed by atoms with Crippen LogP contribution in [0.2, 0.25) is 0 Å². The lowest BCUT2D eigenvalue weighted by molar-refractivity contribution is -0.345. The number of carbonyl (C=O) groups is 3. The average Bonchev–Trinajstić information content (AvgIpc) is 2.89. The first-order chi connectivity index (χ1) is 18.7. The molecular weight excluding hydrogens is 504 g/mol. The molecular formula is C30H38O9. The van der Waals surface area contributed by atoms with Crippen LogP contribution in [0.15, 0.2) is 41.5 Å². The Morgan fingerprint density at radius 2 is 1.85 bits per heavy atom. The van der Waals surface area contributed by atoms with Crippen LogP contribution in [0.4, 0.5) is 0 Å². The second-order valence-corrected chi connectivity index (χ2v) is 12.5. The number of hydrogen-bond donors (Lipinski definition) is 3. The van der Waals surface area contributed by atoms with E-state index in [0.717, 1.165) is 0 Å². The largest absolute Gasteiger partial charge is 0.455 e. The number of Topliss-reactive ketones (excluding diaryl/α,β-unsaturated/α-hetero) is 1. The zero-order valence-electron chi connectivity index (χ0n) is 24.2. The van der Waals surface area contributed by atoms with E-state index >= 15 is 0 Å². The minimum Gasteiger partial charge on any atom is -0.455 e. The minimum absolute atomic E-state index is 0.0874. The van der Waals surface area contributed by atoms with Gasteiger partial charge in [-0.2, -0.15) is 0 Å². The normalized spacial score (nSPS) is 43.1. The quantitative estimate of drug-likeness (QED) is 0.385. The van der Waals surface area contributed by atoms with Crippen molar-refractivity contribution in [2.24, 2.45) is 22.7 Å². The van der Waals surface area contributed by atoms with Gasteiger partial charge in [0.1, 0.15) is 23.6 Å². The minimum atomic E-state index is -1.91. The number of carbonyl (C=O) groups excluding carboxylic acids is 3. The molecule has 3 aliphatic carbocycles. The SMILES string of the molecule is [3H]O[C@H]1C[C@H]2OC[C@@]2(OC(C)=O)C2[C@H](OC(=O)c3ccccc3)[C@]3(O)C[C@H](O)C(C)=C([C@@H](C)C(=O)[C@@]21C)C3(C)C. The van der Waals surface area contributed by atoms with Crippen LogP contribution in [-0.4, -0.2) is 76.7 Å². The second kappa shape index (κ2) is 8.96. The van der Waals surface area contributed by atoms with Gasteiger partial charge in [-0.1, -0.05) is 39.0 Å². The van der Waals surface area contributed by atoms with Crippen LogP contribution in [0.1, 0.15) is 64.7 Å². The maximum atomic E-state index is 14.7. The Hall–Kier alpha value is -2.59. The Bertz CT molecular complexity index is 1260. The summed E-state index contributed by atoms with van der Waals surface area (Å²) in [6, 6.07) is 8.26. The van der Waals surface area contributed by atoms with Gasteiger partial charge in [-0.3, -0.25) is 9.59 Å². The van der Waals surface area contributed by atoms with E-state index in [1.807, 2.05) is 0 Å². The smallest absolute Gasteiger partial charge is 0.338 e. The van der Waals surface area contributed by atoms with Crippen molar-refractivity contribution in [3.05, 3.63) is 47.0 Å². The highest BCUT2D eigenvalue weighted by molar-refractivity contribution is 5.92. The molecule has 0 aromatic heterocycles. The van der Waals surface area contributed by atoms with E-state index in [1.54, 1.807) is 65.0 Å². The van der Waals surface area contributed by atoms with E-state index in [2.05, 4.69) is 0 Å². The summed E-state index contributed by atoms with van der Waals surface area (Å²) in [5.74, 6) is -3.64. The van der Waals surface area contributed by atoms with Gasteiger partial charge in [-0.15, -0.1) is 0 Å². The number of esters is 2. The van der Waals surface area contributed by atoms with Gasteiger partial charge in [0.2, 0.25) is 1.43 Å². The van der Waals surface area contributed by atoms with Gasteiger partial charge in [-0.25, -0.2) is 4.79 Å². The molecule has 9 nitrogen and oxygen atoms in total. The summed E-state index contributed by atoms with van der Waals surface area (Å²) in [4.78, 5) is 40.9. The molecule has 1 saturated heterocycles. The number of ether oxygens (including phenoxy) is 3. The lowest BCUT2D eigenvalue weighted by Gasteiger charge is -2.67. The van der Waals surface area contributed by atoms with Crippen LogP contribution in [-0.2, 0) is 23.8 Å². The number of aliphatic hydroxyl groups is 3. The summed E-state index contributed by atoms with van der Waals surface area (Å²) in [7, 11) is 0. The number of ketones is 1. The number of hydrogen-bond acceptors (Lipinski definition) is 9. The number of rotatable bonds is 4. The predicted molar refractivity (Wildman–Crippen MR) is 138 cm³/mol. The van der Waals surface area contributed by atoms with Crippen molar-refractivity contribution in [1.29, 1.82) is 1.43 Å².